The number of fused-ring (bicyclic) bond motifs is 5. The number of hydrogen-bond donors (Lipinski definition) is 0. The fourth-order valence-corrected chi connectivity index (χ4v) is 6.49. The predicted molar refractivity (Wildman–Crippen MR) is 97.7 cm³/mol. The first kappa shape index (κ1) is 16.1. The van der Waals surface area contributed by atoms with Crippen molar-refractivity contribution in [2.75, 3.05) is 13.1 Å². The first-order valence-electron chi connectivity index (χ1n) is 8.45. The molecule has 2 bridgehead atoms. The summed E-state index contributed by atoms with van der Waals surface area (Å²) in [5.41, 5.74) is 1.96. The van der Waals surface area contributed by atoms with Crippen molar-refractivity contribution in [3.05, 3.63) is 52.4 Å². The largest absolute Gasteiger partial charge is 0.312 e. The van der Waals surface area contributed by atoms with E-state index in [9.17, 15) is 13.2 Å². The van der Waals surface area contributed by atoms with Crippen LogP contribution >= 0.6 is 11.7 Å². The molecule has 5 rings (SSSR count). The van der Waals surface area contributed by atoms with Gasteiger partial charge in [0.25, 0.3) is 5.56 Å². The molecule has 1 fully saturated rings. The van der Waals surface area contributed by atoms with Gasteiger partial charge < -0.3 is 4.57 Å². The highest BCUT2D eigenvalue weighted by Crippen LogP contribution is 2.37. The van der Waals surface area contributed by atoms with Gasteiger partial charge in [-0.05, 0) is 30.5 Å². The van der Waals surface area contributed by atoms with E-state index in [-0.39, 0.29) is 22.3 Å². The van der Waals surface area contributed by atoms with Gasteiger partial charge in [0.1, 0.15) is 15.9 Å². The number of piperidine rings is 1. The van der Waals surface area contributed by atoms with Crippen LogP contribution in [0.4, 0.5) is 0 Å². The van der Waals surface area contributed by atoms with E-state index in [0.717, 1.165) is 23.8 Å². The molecule has 0 N–H and O–H groups in total. The van der Waals surface area contributed by atoms with Crippen molar-refractivity contribution in [3.63, 3.8) is 0 Å². The Labute approximate surface area is 154 Å². The van der Waals surface area contributed by atoms with Crippen LogP contribution in [0, 0.1) is 5.92 Å². The van der Waals surface area contributed by atoms with Crippen molar-refractivity contribution < 1.29 is 8.42 Å². The van der Waals surface area contributed by atoms with Crippen molar-refractivity contribution in [1.29, 1.82) is 0 Å². The van der Waals surface area contributed by atoms with E-state index in [1.165, 1.54) is 0 Å². The van der Waals surface area contributed by atoms with Crippen LogP contribution in [-0.4, -0.2) is 39.1 Å². The first-order valence-corrected chi connectivity index (χ1v) is 10.6. The summed E-state index contributed by atoms with van der Waals surface area (Å²) in [5.74, 6) is 0.183. The van der Waals surface area contributed by atoms with Gasteiger partial charge in [-0.25, -0.2) is 8.42 Å². The molecule has 0 amide bonds. The fraction of sp³-hybridized carbons (Fsp3) is 0.353. The summed E-state index contributed by atoms with van der Waals surface area (Å²) < 4.78 is 38.3. The summed E-state index contributed by atoms with van der Waals surface area (Å²) >= 11 is 1.02. The second kappa shape index (κ2) is 5.70. The van der Waals surface area contributed by atoms with Crippen molar-refractivity contribution >= 4 is 32.8 Å². The minimum Gasteiger partial charge on any atom is -0.312 e. The van der Waals surface area contributed by atoms with Crippen LogP contribution in [0.25, 0.3) is 11.0 Å². The number of benzene rings is 1. The summed E-state index contributed by atoms with van der Waals surface area (Å²) in [6.07, 6.45) is 0.915. The van der Waals surface area contributed by atoms with Crippen molar-refractivity contribution in [2.24, 2.45) is 5.92 Å². The molecule has 0 saturated carbocycles. The molecule has 3 aromatic rings. The van der Waals surface area contributed by atoms with Crippen LogP contribution in [0.1, 0.15) is 18.0 Å². The zero-order valence-electron chi connectivity index (χ0n) is 13.8. The van der Waals surface area contributed by atoms with E-state index in [0.29, 0.717) is 30.7 Å². The monoisotopic (exact) mass is 388 g/mol. The SMILES string of the molecule is O=c1cccc2n1C[C@@H]1C[C@H]2CN(S(=O)(=O)c2cccc3nsnc23)C1. The molecule has 26 heavy (non-hydrogen) atoms. The number of rotatable bonds is 2. The van der Waals surface area contributed by atoms with Gasteiger partial charge >= 0.3 is 0 Å². The number of pyridine rings is 1. The average molecular weight is 388 g/mol. The Balaban J connectivity index is 1.56. The lowest BCUT2D eigenvalue weighted by Crippen LogP contribution is -2.49. The third-order valence-corrected chi connectivity index (χ3v) is 7.72. The normalized spacial score (nSPS) is 23.1. The van der Waals surface area contributed by atoms with E-state index < -0.39 is 10.0 Å². The Kier molecular flexibility index (Phi) is 3.53. The van der Waals surface area contributed by atoms with Crippen LogP contribution in [0.5, 0.6) is 0 Å². The Morgan fingerprint density at radius 2 is 1.88 bits per heavy atom. The average Bonchev–Trinajstić information content (AvgIpc) is 3.11. The highest BCUT2D eigenvalue weighted by molar-refractivity contribution is 7.89. The van der Waals surface area contributed by atoms with E-state index in [1.54, 1.807) is 39.2 Å². The second-order valence-electron chi connectivity index (χ2n) is 6.91. The first-order chi connectivity index (χ1) is 12.5. The van der Waals surface area contributed by atoms with Crippen LogP contribution in [0.15, 0.2) is 46.1 Å². The minimum absolute atomic E-state index is 0.00757. The third-order valence-electron chi connectivity index (χ3n) is 5.31. The van der Waals surface area contributed by atoms with Crippen molar-refractivity contribution in [3.8, 4) is 0 Å². The predicted octanol–water partition coefficient (Wildman–Crippen LogP) is 1.66. The molecule has 1 saturated heterocycles. The van der Waals surface area contributed by atoms with Gasteiger partial charge in [-0.3, -0.25) is 4.79 Å². The van der Waals surface area contributed by atoms with Crippen LogP contribution in [-0.2, 0) is 16.6 Å². The zero-order chi connectivity index (χ0) is 17.9. The quantitative estimate of drug-likeness (QED) is 0.667. The fourth-order valence-electron chi connectivity index (χ4n) is 4.18. The van der Waals surface area contributed by atoms with E-state index in [4.69, 9.17) is 0 Å². The molecular weight excluding hydrogens is 372 g/mol. The lowest BCUT2D eigenvalue weighted by atomic mass is 9.84. The minimum atomic E-state index is -3.66. The highest BCUT2D eigenvalue weighted by Gasteiger charge is 2.40. The standard InChI is InChI=1S/C17H16N4O3S2/c22-16-6-2-4-14-12-7-11(9-21(14)16)8-20(10-12)26(23,24)15-5-1-3-13-17(15)19-25-18-13/h1-6,11-12H,7-10H2/t11-,12+/m1/s1. The van der Waals surface area contributed by atoms with Gasteiger partial charge in [0.2, 0.25) is 10.0 Å². The molecule has 0 radical (unpaired) electrons. The third kappa shape index (κ3) is 2.34. The molecule has 2 aromatic heterocycles. The summed E-state index contributed by atoms with van der Waals surface area (Å²) in [4.78, 5) is 12.3. The van der Waals surface area contributed by atoms with Gasteiger partial charge in [-0.15, -0.1) is 0 Å². The molecule has 134 valence electrons. The van der Waals surface area contributed by atoms with Crippen LogP contribution < -0.4 is 5.56 Å². The number of nitrogens with zero attached hydrogens (tertiary/aromatic N) is 4. The molecule has 2 aliphatic rings. The van der Waals surface area contributed by atoms with E-state index in [1.807, 2.05) is 6.07 Å². The number of hydrogen-bond acceptors (Lipinski definition) is 6. The molecule has 0 unspecified atom stereocenters. The highest BCUT2D eigenvalue weighted by atomic mass is 32.2. The maximum atomic E-state index is 13.3. The topological polar surface area (TPSA) is 85.2 Å². The molecular formula is C17H16N4O3S2. The Hall–Kier alpha value is -2.10. The van der Waals surface area contributed by atoms with Gasteiger partial charge in [0.05, 0.1) is 11.7 Å². The molecule has 7 nitrogen and oxygen atoms in total. The van der Waals surface area contributed by atoms with Crippen LogP contribution in [0.3, 0.4) is 0 Å². The summed E-state index contributed by atoms with van der Waals surface area (Å²) in [7, 11) is -3.66. The lowest BCUT2D eigenvalue weighted by Gasteiger charge is -2.42. The second-order valence-corrected chi connectivity index (χ2v) is 9.34. The molecule has 0 aliphatic carbocycles. The van der Waals surface area contributed by atoms with Gasteiger partial charge in [0.15, 0.2) is 0 Å². The van der Waals surface area contributed by atoms with Gasteiger partial charge in [-0.2, -0.15) is 13.1 Å². The molecule has 9 heteroatoms. The molecule has 2 atom stereocenters. The molecule has 4 heterocycles. The Morgan fingerprint density at radius 1 is 1.04 bits per heavy atom. The van der Waals surface area contributed by atoms with Gasteiger partial charge in [0, 0.05) is 37.3 Å². The van der Waals surface area contributed by atoms with E-state index in [2.05, 4.69) is 8.75 Å². The molecule has 1 aromatic carbocycles. The summed E-state index contributed by atoms with van der Waals surface area (Å²) in [5, 5.41) is 0. The number of aromatic nitrogens is 3. The zero-order valence-corrected chi connectivity index (χ0v) is 15.4. The Bertz CT molecular complexity index is 1170. The van der Waals surface area contributed by atoms with Crippen LogP contribution in [0.2, 0.25) is 0 Å². The van der Waals surface area contributed by atoms with Crippen molar-refractivity contribution in [2.45, 2.75) is 23.8 Å². The summed E-state index contributed by atoms with van der Waals surface area (Å²) in [6.45, 7) is 1.38. The Morgan fingerprint density at radius 3 is 2.77 bits per heavy atom. The van der Waals surface area contributed by atoms with Crippen molar-refractivity contribution in [1.82, 2.24) is 17.6 Å². The molecule has 2 aliphatic heterocycles. The lowest BCUT2D eigenvalue weighted by molar-refractivity contribution is 0.186. The maximum Gasteiger partial charge on any atom is 0.250 e. The summed E-state index contributed by atoms with van der Waals surface area (Å²) in [6, 6.07) is 10.3. The van der Waals surface area contributed by atoms with E-state index >= 15 is 0 Å². The molecule has 0 spiro atoms. The number of sulfonamides is 1. The smallest absolute Gasteiger partial charge is 0.250 e. The van der Waals surface area contributed by atoms with Gasteiger partial charge in [-0.1, -0.05) is 12.1 Å². The maximum absolute atomic E-state index is 13.3.